The Morgan fingerprint density at radius 2 is 1.42 bits per heavy atom. The maximum Gasteiger partial charge on any atom is 1.00 e. The quantitative estimate of drug-likeness (QED) is 0.514. The molecule has 1 saturated heterocycles. The van der Waals surface area contributed by atoms with E-state index in [9.17, 15) is 0 Å². The van der Waals surface area contributed by atoms with Crippen LogP contribution in [0, 0.1) is 36.5 Å². The fourth-order valence-corrected chi connectivity index (χ4v) is 2.46. The molecule has 0 aromatic carbocycles. The van der Waals surface area contributed by atoms with Crippen LogP contribution in [-0.2, 0) is 4.74 Å². The largest absolute Gasteiger partial charge is 1.00 e. The van der Waals surface area contributed by atoms with Crippen LogP contribution in [0.1, 0.15) is 64.5 Å². The van der Waals surface area contributed by atoms with E-state index in [4.69, 9.17) is 36.7 Å². The Balaban J connectivity index is -0.000000406. The van der Waals surface area contributed by atoms with Gasteiger partial charge in [0, 0.05) is 36.8 Å². The molecule has 9 heteroatoms. The van der Waals surface area contributed by atoms with E-state index in [2.05, 4.69) is 16.0 Å². The summed E-state index contributed by atoms with van der Waals surface area (Å²) in [6.45, 7) is 12.9. The molecule has 3 heterocycles. The summed E-state index contributed by atoms with van der Waals surface area (Å²) in [5.41, 5.74) is 2.71. The number of aliphatic hydroxyl groups excluding tert-OH is 1. The molecular weight excluding hydrogens is 451 g/mol. The minimum absolute atomic E-state index is 0. The smallest absolute Gasteiger partial charge is 1.00 e. The minimum Gasteiger partial charge on any atom is -1.00 e. The van der Waals surface area contributed by atoms with Crippen LogP contribution in [0.15, 0.2) is 24.3 Å². The van der Waals surface area contributed by atoms with Crippen molar-refractivity contribution in [2.45, 2.75) is 66.6 Å². The Kier molecular flexibility index (Phi) is 20.0. The van der Waals surface area contributed by atoms with Crippen molar-refractivity contribution in [1.29, 1.82) is 10.5 Å². The first-order valence-corrected chi connectivity index (χ1v) is 10.8. The number of pyridine rings is 2. The fraction of sp³-hybridized carbons (Fsp3) is 0.500. The average molecular weight is 485 g/mol. The Morgan fingerprint density at radius 1 is 0.970 bits per heavy atom. The van der Waals surface area contributed by atoms with Crippen LogP contribution in [0.2, 0.25) is 5.15 Å². The van der Waals surface area contributed by atoms with Gasteiger partial charge in [0.1, 0.15) is 5.15 Å². The standard InChI is InChI=1S/C10H12N2O.C7H5ClN2.C4H8O.C3H8O.Na.H/c1-7(2)13-10-5-9(6-11)4-8(3)12-10;1-5-2-6(4-9)3-7(8)10-5;1-2-4-5-3-1;1-3(2)4;;/h4-5,7H,1-3H3;2-3H,1H3;1-4H2;3-4H,1-2H3;;/q;;;;+1;-1. The zero-order valence-corrected chi connectivity index (χ0v) is 23.5. The number of ether oxygens (including phenoxy) is 2. The molecule has 0 atom stereocenters. The van der Waals surface area contributed by atoms with E-state index in [0.717, 1.165) is 24.6 Å². The van der Waals surface area contributed by atoms with Gasteiger partial charge in [-0.05, 0) is 72.6 Å². The molecule has 2 aromatic heterocycles. The summed E-state index contributed by atoms with van der Waals surface area (Å²) in [6.07, 6.45) is 2.47. The van der Waals surface area contributed by atoms with E-state index in [1.54, 1.807) is 39.0 Å². The molecule has 1 N–H and O–H groups in total. The molecular formula is C24H34ClN4NaO3. The molecule has 176 valence electrons. The van der Waals surface area contributed by atoms with Gasteiger partial charge in [-0.3, -0.25) is 0 Å². The van der Waals surface area contributed by atoms with Crippen molar-refractivity contribution in [3.63, 3.8) is 0 Å². The van der Waals surface area contributed by atoms with Gasteiger partial charge in [-0.1, -0.05) is 11.6 Å². The predicted octanol–water partition coefficient (Wildman–Crippen LogP) is 2.26. The van der Waals surface area contributed by atoms with Crippen molar-refractivity contribution in [2.24, 2.45) is 0 Å². The summed E-state index contributed by atoms with van der Waals surface area (Å²) in [5, 5.41) is 25.6. The molecule has 0 spiro atoms. The van der Waals surface area contributed by atoms with Crippen LogP contribution in [0.5, 0.6) is 5.88 Å². The van der Waals surface area contributed by atoms with Gasteiger partial charge in [-0.2, -0.15) is 10.5 Å². The van der Waals surface area contributed by atoms with Crippen LogP contribution >= 0.6 is 11.6 Å². The van der Waals surface area contributed by atoms with Gasteiger partial charge >= 0.3 is 29.6 Å². The molecule has 1 aliphatic rings. The second kappa shape index (κ2) is 19.7. The second-order valence-corrected chi connectivity index (χ2v) is 7.85. The van der Waals surface area contributed by atoms with Gasteiger partial charge in [0.25, 0.3) is 0 Å². The number of aliphatic hydroxyl groups is 1. The van der Waals surface area contributed by atoms with Crippen LogP contribution in [0.25, 0.3) is 0 Å². The zero-order valence-electron chi connectivity index (χ0n) is 21.7. The fourth-order valence-electron chi connectivity index (χ4n) is 2.21. The number of nitriles is 2. The van der Waals surface area contributed by atoms with Crippen LogP contribution in [-0.4, -0.2) is 40.5 Å². The molecule has 33 heavy (non-hydrogen) atoms. The molecule has 2 aromatic rings. The Hall–Kier alpha value is -1.71. The molecule has 0 radical (unpaired) electrons. The first-order valence-electron chi connectivity index (χ1n) is 10.4. The molecule has 1 fully saturated rings. The minimum atomic E-state index is -0.167. The summed E-state index contributed by atoms with van der Waals surface area (Å²) in [7, 11) is 0. The first-order chi connectivity index (χ1) is 15.1. The molecule has 0 unspecified atom stereocenters. The topological polar surface area (TPSA) is 112 Å². The zero-order chi connectivity index (χ0) is 24.5. The van der Waals surface area contributed by atoms with Crippen molar-refractivity contribution in [2.75, 3.05) is 13.2 Å². The normalized spacial score (nSPS) is 11.3. The van der Waals surface area contributed by atoms with Gasteiger partial charge in [-0.15, -0.1) is 0 Å². The van der Waals surface area contributed by atoms with Gasteiger partial charge in [-0.25, -0.2) is 9.97 Å². The van der Waals surface area contributed by atoms with Gasteiger partial charge in [0.05, 0.1) is 29.4 Å². The van der Waals surface area contributed by atoms with Crippen molar-refractivity contribution >= 4 is 11.6 Å². The molecule has 1 aliphatic heterocycles. The summed E-state index contributed by atoms with van der Waals surface area (Å²) in [4.78, 5) is 8.05. The number of nitrogens with zero attached hydrogens (tertiary/aromatic N) is 4. The molecule has 0 bridgehead atoms. The summed E-state index contributed by atoms with van der Waals surface area (Å²) in [6, 6.07) is 10.6. The Morgan fingerprint density at radius 3 is 1.79 bits per heavy atom. The predicted molar refractivity (Wildman–Crippen MR) is 127 cm³/mol. The number of hydrogen-bond donors (Lipinski definition) is 1. The van der Waals surface area contributed by atoms with E-state index in [-0.39, 0.29) is 43.2 Å². The van der Waals surface area contributed by atoms with E-state index in [1.807, 2.05) is 26.8 Å². The van der Waals surface area contributed by atoms with E-state index >= 15 is 0 Å². The van der Waals surface area contributed by atoms with E-state index in [0.29, 0.717) is 22.2 Å². The third kappa shape index (κ3) is 19.5. The number of aryl methyl sites for hydroxylation is 2. The van der Waals surface area contributed by atoms with Gasteiger partial charge in [0.15, 0.2) is 0 Å². The molecule has 0 aliphatic carbocycles. The molecule has 3 rings (SSSR count). The molecule has 0 saturated carbocycles. The van der Waals surface area contributed by atoms with Gasteiger partial charge in [0.2, 0.25) is 5.88 Å². The second-order valence-electron chi connectivity index (χ2n) is 7.46. The average Bonchev–Trinajstić information content (AvgIpc) is 3.26. The maximum absolute atomic E-state index is 8.69. The number of hydrogen-bond acceptors (Lipinski definition) is 7. The summed E-state index contributed by atoms with van der Waals surface area (Å²) < 4.78 is 10.3. The monoisotopic (exact) mass is 484 g/mol. The van der Waals surface area contributed by atoms with Crippen molar-refractivity contribution < 1.29 is 45.6 Å². The van der Waals surface area contributed by atoms with Crippen molar-refractivity contribution in [1.82, 2.24) is 9.97 Å². The van der Waals surface area contributed by atoms with Crippen LogP contribution in [0.4, 0.5) is 0 Å². The van der Waals surface area contributed by atoms with Crippen molar-refractivity contribution in [3.8, 4) is 18.0 Å². The third-order valence-corrected chi connectivity index (χ3v) is 3.49. The van der Waals surface area contributed by atoms with Crippen molar-refractivity contribution in [3.05, 3.63) is 51.9 Å². The van der Waals surface area contributed by atoms with Crippen LogP contribution < -0.4 is 34.3 Å². The van der Waals surface area contributed by atoms with E-state index in [1.165, 1.54) is 18.9 Å². The SMILES string of the molecule is C1CCOC1.CC(C)O.Cc1cc(C#N)cc(Cl)n1.Cc1cc(C#N)cc(OC(C)C)n1.[H-].[Na+]. The summed E-state index contributed by atoms with van der Waals surface area (Å²) in [5.74, 6) is 0.520. The summed E-state index contributed by atoms with van der Waals surface area (Å²) >= 11 is 5.57. The first kappa shape index (κ1) is 33.5. The maximum atomic E-state index is 8.69. The van der Waals surface area contributed by atoms with Gasteiger partial charge < -0.3 is 16.0 Å². The van der Waals surface area contributed by atoms with E-state index < -0.39 is 0 Å². The number of aromatic nitrogens is 2. The Bertz CT molecular complexity index is 868. The molecule has 7 nitrogen and oxygen atoms in total. The number of rotatable bonds is 2. The van der Waals surface area contributed by atoms with Crippen LogP contribution in [0.3, 0.4) is 0 Å². The molecule has 0 amide bonds. The third-order valence-electron chi connectivity index (χ3n) is 3.29. The number of halogens is 1. The Labute approximate surface area is 226 Å².